The standard InChI is InChI=1S/C24H28N4O/c1-27(24(29)20-11-12-22-23(17-20)26-14-13-25-22)21-10-6-16-28(18-21)15-5-9-19-7-3-2-4-8-19/h2-4,7-8,11-14,17,21H,5-6,9-10,15-16,18H2,1H3/t21-/m0/s1. The van der Waals surface area contributed by atoms with E-state index < -0.39 is 0 Å². The van der Waals surface area contributed by atoms with Crippen molar-refractivity contribution in [2.75, 3.05) is 26.7 Å². The quantitative estimate of drug-likeness (QED) is 0.644. The minimum absolute atomic E-state index is 0.0636. The number of amides is 1. The molecule has 1 amide bonds. The Morgan fingerprint density at radius 1 is 1.10 bits per heavy atom. The van der Waals surface area contributed by atoms with E-state index in [1.807, 2.05) is 30.1 Å². The summed E-state index contributed by atoms with van der Waals surface area (Å²) in [4.78, 5) is 26.1. The number of likely N-dealkylation sites (N-methyl/N-ethyl adjacent to an activating group) is 1. The molecule has 150 valence electrons. The van der Waals surface area contributed by atoms with Crippen LogP contribution in [0.25, 0.3) is 11.0 Å². The highest BCUT2D eigenvalue weighted by molar-refractivity contribution is 5.97. The van der Waals surface area contributed by atoms with Gasteiger partial charge in [-0.1, -0.05) is 30.3 Å². The Morgan fingerprint density at radius 3 is 2.72 bits per heavy atom. The fraction of sp³-hybridized carbons (Fsp3) is 0.375. The number of hydrogen-bond acceptors (Lipinski definition) is 4. The minimum Gasteiger partial charge on any atom is -0.337 e. The predicted octanol–water partition coefficient (Wildman–Crippen LogP) is 3.80. The summed E-state index contributed by atoms with van der Waals surface area (Å²) in [5, 5.41) is 0. The predicted molar refractivity (Wildman–Crippen MR) is 116 cm³/mol. The summed E-state index contributed by atoms with van der Waals surface area (Å²) in [6.07, 6.45) is 7.79. The molecule has 3 aromatic rings. The average Bonchev–Trinajstić information content (AvgIpc) is 2.78. The highest BCUT2D eigenvalue weighted by Gasteiger charge is 2.26. The first-order valence-corrected chi connectivity index (χ1v) is 10.4. The maximum Gasteiger partial charge on any atom is 0.253 e. The molecular formula is C24H28N4O. The van der Waals surface area contributed by atoms with E-state index in [2.05, 4.69) is 45.2 Å². The number of fused-ring (bicyclic) bond motifs is 1. The van der Waals surface area contributed by atoms with Crippen LogP contribution in [0.3, 0.4) is 0 Å². The van der Waals surface area contributed by atoms with E-state index in [4.69, 9.17) is 0 Å². The molecule has 0 spiro atoms. The zero-order chi connectivity index (χ0) is 20.1. The molecule has 5 heteroatoms. The molecule has 0 unspecified atom stereocenters. The van der Waals surface area contributed by atoms with Crippen LogP contribution in [-0.2, 0) is 6.42 Å². The lowest BCUT2D eigenvalue weighted by Crippen LogP contribution is -2.48. The van der Waals surface area contributed by atoms with Crippen molar-refractivity contribution in [1.29, 1.82) is 0 Å². The van der Waals surface area contributed by atoms with E-state index in [1.165, 1.54) is 5.56 Å². The van der Waals surface area contributed by atoms with Crippen molar-refractivity contribution >= 4 is 16.9 Å². The van der Waals surface area contributed by atoms with Gasteiger partial charge in [-0.15, -0.1) is 0 Å². The first-order valence-electron chi connectivity index (χ1n) is 10.4. The summed E-state index contributed by atoms with van der Waals surface area (Å²) in [7, 11) is 1.93. The molecule has 1 aliphatic rings. The summed E-state index contributed by atoms with van der Waals surface area (Å²) < 4.78 is 0. The van der Waals surface area contributed by atoms with Crippen LogP contribution in [0, 0.1) is 0 Å². The second kappa shape index (κ2) is 9.14. The van der Waals surface area contributed by atoms with Crippen molar-refractivity contribution in [3.8, 4) is 0 Å². The van der Waals surface area contributed by atoms with Crippen LogP contribution in [0.15, 0.2) is 60.9 Å². The van der Waals surface area contributed by atoms with Crippen molar-refractivity contribution in [3.63, 3.8) is 0 Å². The van der Waals surface area contributed by atoms with Crippen molar-refractivity contribution in [2.45, 2.75) is 31.7 Å². The summed E-state index contributed by atoms with van der Waals surface area (Å²) in [6, 6.07) is 16.5. The van der Waals surface area contributed by atoms with Crippen LogP contribution < -0.4 is 0 Å². The third-order valence-corrected chi connectivity index (χ3v) is 5.85. The number of benzene rings is 2. The van der Waals surface area contributed by atoms with Gasteiger partial charge in [0.15, 0.2) is 0 Å². The molecular weight excluding hydrogens is 360 g/mol. The van der Waals surface area contributed by atoms with Crippen molar-refractivity contribution in [1.82, 2.24) is 19.8 Å². The highest BCUT2D eigenvalue weighted by Crippen LogP contribution is 2.19. The molecule has 0 N–H and O–H groups in total. The van der Waals surface area contributed by atoms with Gasteiger partial charge in [0.05, 0.1) is 11.0 Å². The first kappa shape index (κ1) is 19.5. The summed E-state index contributed by atoms with van der Waals surface area (Å²) in [5.74, 6) is 0.0636. The third kappa shape index (κ3) is 4.80. The molecule has 1 saturated heterocycles. The molecule has 29 heavy (non-hydrogen) atoms. The first-order chi connectivity index (χ1) is 14.2. The Hall–Kier alpha value is -2.79. The van der Waals surface area contributed by atoms with Crippen LogP contribution in [0.4, 0.5) is 0 Å². The van der Waals surface area contributed by atoms with E-state index in [1.54, 1.807) is 12.4 Å². The topological polar surface area (TPSA) is 49.3 Å². The van der Waals surface area contributed by atoms with Crippen LogP contribution in [0.1, 0.15) is 35.2 Å². The summed E-state index contributed by atoms with van der Waals surface area (Å²) in [5.41, 5.74) is 3.65. The van der Waals surface area contributed by atoms with Crippen molar-refractivity contribution in [2.24, 2.45) is 0 Å². The van der Waals surface area contributed by atoms with Crippen LogP contribution in [0.2, 0.25) is 0 Å². The Labute approximate surface area is 172 Å². The van der Waals surface area contributed by atoms with Gasteiger partial charge in [-0.25, -0.2) is 0 Å². The number of aryl methyl sites for hydroxylation is 1. The number of carbonyl (C=O) groups excluding carboxylic acids is 1. The fourth-order valence-corrected chi connectivity index (χ4v) is 4.17. The molecule has 1 atom stereocenters. The average molecular weight is 389 g/mol. The molecule has 1 aromatic heterocycles. The van der Waals surface area contributed by atoms with Gasteiger partial charge in [-0.2, -0.15) is 0 Å². The lowest BCUT2D eigenvalue weighted by molar-refractivity contribution is 0.0617. The number of aromatic nitrogens is 2. The number of carbonyl (C=O) groups is 1. The van der Waals surface area contributed by atoms with E-state index >= 15 is 0 Å². The highest BCUT2D eigenvalue weighted by atomic mass is 16.2. The largest absolute Gasteiger partial charge is 0.337 e. The molecule has 1 fully saturated rings. The van der Waals surface area contributed by atoms with E-state index in [0.717, 1.165) is 56.4 Å². The van der Waals surface area contributed by atoms with E-state index in [-0.39, 0.29) is 11.9 Å². The van der Waals surface area contributed by atoms with Gasteiger partial charge < -0.3 is 9.80 Å². The second-order valence-electron chi connectivity index (χ2n) is 7.86. The summed E-state index contributed by atoms with van der Waals surface area (Å²) in [6.45, 7) is 3.16. The maximum atomic E-state index is 13.1. The fourth-order valence-electron chi connectivity index (χ4n) is 4.17. The van der Waals surface area contributed by atoms with Crippen molar-refractivity contribution in [3.05, 3.63) is 72.1 Å². The molecule has 0 saturated carbocycles. The number of likely N-dealkylation sites (tertiary alicyclic amines) is 1. The minimum atomic E-state index is 0.0636. The van der Waals surface area contributed by atoms with Crippen molar-refractivity contribution < 1.29 is 4.79 Å². The second-order valence-corrected chi connectivity index (χ2v) is 7.86. The molecule has 2 aromatic carbocycles. The van der Waals surface area contributed by atoms with Crippen LogP contribution >= 0.6 is 0 Å². The Morgan fingerprint density at radius 2 is 1.90 bits per heavy atom. The smallest absolute Gasteiger partial charge is 0.253 e. The SMILES string of the molecule is CN(C(=O)c1ccc2nccnc2c1)[C@H]1CCCN(CCCc2ccccc2)C1. The molecule has 0 bridgehead atoms. The molecule has 5 nitrogen and oxygen atoms in total. The van der Waals surface area contributed by atoms with Crippen LogP contribution in [0.5, 0.6) is 0 Å². The van der Waals surface area contributed by atoms with Gasteiger partial charge in [-0.05, 0) is 62.5 Å². The van der Waals surface area contributed by atoms with Gasteiger partial charge >= 0.3 is 0 Å². The van der Waals surface area contributed by atoms with Crippen LogP contribution in [-0.4, -0.2) is 58.4 Å². The Bertz CT molecular complexity index is 959. The Kier molecular flexibility index (Phi) is 6.15. The van der Waals surface area contributed by atoms with E-state index in [0.29, 0.717) is 5.56 Å². The number of nitrogens with zero attached hydrogens (tertiary/aromatic N) is 4. The van der Waals surface area contributed by atoms with E-state index in [9.17, 15) is 4.79 Å². The number of hydrogen-bond donors (Lipinski definition) is 0. The Balaban J connectivity index is 1.34. The maximum absolute atomic E-state index is 13.1. The number of piperidine rings is 1. The molecule has 4 rings (SSSR count). The molecule has 0 aliphatic carbocycles. The molecule has 0 radical (unpaired) electrons. The molecule has 1 aliphatic heterocycles. The van der Waals surface area contributed by atoms with Gasteiger partial charge in [0.1, 0.15) is 0 Å². The summed E-state index contributed by atoms with van der Waals surface area (Å²) >= 11 is 0. The lowest BCUT2D eigenvalue weighted by atomic mass is 10.0. The third-order valence-electron chi connectivity index (χ3n) is 5.85. The number of rotatable bonds is 6. The van der Waals surface area contributed by atoms with Gasteiger partial charge in [-0.3, -0.25) is 14.8 Å². The van der Waals surface area contributed by atoms with Gasteiger partial charge in [0.25, 0.3) is 5.91 Å². The molecule has 2 heterocycles. The lowest BCUT2D eigenvalue weighted by Gasteiger charge is -2.37. The normalized spacial score (nSPS) is 17.3. The zero-order valence-electron chi connectivity index (χ0n) is 17.0. The monoisotopic (exact) mass is 388 g/mol. The van der Waals surface area contributed by atoms with Gasteiger partial charge in [0, 0.05) is 37.6 Å². The van der Waals surface area contributed by atoms with Gasteiger partial charge in [0.2, 0.25) is 0 Å². The zero-order valence-corrected chi connectivity index (χ0v) is 17.0.